The van der Waals surface area contributed by atoms with Gasteiger partial charge in [-0.3, -0.25) is 0 Å². The molecule has 0 aromatic heterocycles. The van der Waals surface area contributed by atoms with Crippen LogP contribution in [0.1, 0.15) is 49.7 Å². The SMILES string of the molecule is CNC(Cc1ccc(F)cc1C)C1(OC)CCCCCC1. The summed E-state index contributed by atoms with van der Waals surface area (Å²) in [6.07, 6.45) is 8.16. The van der Waals surface area contributed by atoms with Gasteiger partial charge in [0.1, 0.15) is 5.82 Å². The van der Waals surface area contributed by atoms with E-state index in [1.54, 1.807) is 12.1 Å². The van der Waals surface area contributed by atoms with Crippen LogP contribution < -0.4 is 5.32 Å². The second-order valence-electron chi connectivity index (χ2n) is 6.30. The monoisotopic (exact) mass is 293 g/mol. The smallest absolute Gasteiger partial charge is 0.123 e. The third-order valence-electron chi connectivity index (χ3n) is 5.07. The predicted octanol–water partition coefficient (Wildman–Crippen LogP) is 4.00. The van der Waals surface area contributed by atoms with Gasteiger partial charge in [-0.2, -0.15) is 0 Å². The normalized spacial score (nSPS) is 20.0. The topological polar surface area (TPSA) is 21.3 Å². The molecule has 0 amide bonds. The van der Waals surface area contributed by atoms with Crippen molar-refractivity contribution in [3.05, 3.63) is 35.1 Å². The lowest BCUT2D eigenvalue weighted by Gasteiger charge is -2.39. The minimum atomic E-state index is -0.159. The maximum Gasteiger partial charge on any atom is 0.123 e. The molecular weight excluding hydrogens is 265 g/mol. The molecule has 1 N–H and O–H groups in total. The molecule has 0 bridgehead atoms. The molecule has 118 valence electrons. The Balaban J connectivity index is 2.20. The van der Waals surface area contributed by atoms with Crippen molar-refractivity contribution >= 4 is 0 Å². The van der Waals surface area contributed by atoms with E-state index in [4.69, 9.17) is 4.74 Å². The first-order valence-corrected chi connectivity index (χ1v) is 8.09. The molecule has 2 rings (SSSR count). The van der Waals surface area contributed by atoms with E-state index >= 15 is 0 Å². The zero-order chi connectivity index (χ0) is 15.3. The summed E-state index contributed by atoms with van der Waals surface area (Å²) in [6, 6.07) is 5.36. The summed E-state index contributed by atoms with van der Waals surface area (Å²) in [5.41, 5.74) is 2.14. The highest BCUT2D eigenvalue weighted by molar-refractivity contribution is 5.28. The summed E-state index contributed by atoms with van der Waals surface area (Å²) in [5.74, 6) is -0.159. The Labute approximate surface area is 128 Å². The molecule has 1 atom stereocenters. The molecule has 0 heterocycles. The predicted molar refractivity (Wildman–Crippen MR) is 85.1 cm³/mol. The van der Waals surface area contributed by atoms with Crippen molar-refractivity contribution in [3.8, 4) is 0 Å². The van der Waals surface area contributed by atoms with Gasteiger partial charge in [-0.05, 0) is 56.5 Å². The Morgan fingerprint density at radius 1 is 1.24 bits per heavy atom. The average molecular weight is 293 g/mol. The molecule has 0 radical (unpaired) electrons. The average Bonchev–Trinajstić information content (AvgIpc) is 2.73. The van der Waals surface area contributed by atoms with E-state index in [1.165, 1.54) is 31.2 Å². The lowest BCUT2D eigenvalue weighted by atomic mass is 9.82. The fourth-order valence-corrected chi connectivity index (χ4v) is 3.68. The van der Waals surface area contributed by atoms with Gasteiger partial charge >= 0.3 is 0 Å². The quantitative estimate of drug-likeness (QED) is 0.828. The Bertz CT molecular complexity index is 453. The maximum atomic E-state index is 13.3. The highest BCUT2D eigenvalue weighted by Crippen LogP contribution is 2.34. The molecule has 21 heavy (non-hydrogen) atoms. The zero-order valence-electron chi connectivity index (χ0n) is 13.5. The molecule has 1 saturated carbocycles. The lowest BCUT2D eigenvalue weighted by molar-refractivity contribution is -0.0509. The lowest BCUT2D eigenvalue weighted by Crippen LogP contribution is -2.52. The van der Waals surface area contributed by atoms with Gasteiger partial charge in [0.15, 0.2) is 0 Å². The van der Waals surface area contributed by atoms with Gasteiger partial charge in [-0.1, -0.05) is 31.7 Å². The number of hydrogen-bond donors (Lipinski definition) is 1. The van der Waals surface area contributed by atoms with E-state index in [-0.39, 0.29) is 17.5 Å². The van der Waals surface area contributed by atoms with Gasteiger partial charge in [-0.25, -0.2) is 4.39 Å². The van der Waals surface area contributed by atoms with Crippen LogP contribution in [-0.4, -0.2) is 25.8 Å². The van der Waals surface area contributed by atoms with Gasteiger partial charge < -0.3 is 10.1 Å². The van der Waals surface area contributed by atoms with Crippen LogP contribution in [0.25, 0.3) is 0 Å². The molecule has 0 spiro atoms. The Morgan fingerprint density at radius 3 is 2.43 bits per heavy atom. The highest BCUT2D eigenvalue weighted by atomic mass is 19.1. The van der Waals surface area contributed by atoms with Gasteiger partial charge in [0.05, 0.1) is 5.60 Å². The van der Waals surface area contributed by atoms with Crippen molar-refractivity contribution < 1.29 is 9.13 Å². The van der Waals surface area contributed by atoms with E-state index < -0.39 is 0 Å². The van der Waals surface area contributed by atoms with Crippen molar-refractivity contribution in [2.75, 3.05) is 14.2 Å². The first-order chi connectivity index (χ1) is 10.1. The molecule has 1 aliphatic carbocycles. The van der Waals surface area contributed by atoms with Crippen LogP contribution in [0.4, 0.5) is 4.39 Å². The van der Waals surface area contributed by atoms with Crippen molar-refractivity contribution in [3.63, 3.8) is 0 Å². The first-order valence-electron chi connectivity index (χ1n) is 8.09. The summed E-state index contributed by atoms with van der Waals surface area (Å²) in [5, 5.41) is 3.46. The van der Waals surface area contributed by atoms with E-state index in [1.807, 2.05) is 27.1 Å². The number of ether oxygens (including phenoxy) is 1. The zero-order valence-corrected chi connectivity index (χ0v) is 13.5. The van der Waals surface area contributed by atoms with Gasteiger partial charge in [0, 0.05) is 13.2 Å². The largest absolute Gasteiger partial charge is 0.377 e. The summed E-state index contributed by atoms with van der Waals surface area (Å²) in [7, 11) is 3.85. The molecule has 1 aromatic carbocycles. The fourth-order valence-electron chi connectivity index (χ4n) is 3.68. The molecule has 0 aliphatic heterocycles. The van der Waals surface area contributed by atoms with Crippen LogP contribution >= 0.6 is 0 Å². The van der Waals surface area contributed by atoms with Crippen LogP contribution in [0, 0.1) is 12.7 Å². The molecule has 1 aliphatic rings. The van der Waals surface area contributed by atoms with Crippen LogP contribution in [0.3, 0.4) is 0 Å². The van der Waals surface area contributed by atoms with Gasteiger partial charge in [0.25, 0.3) is 0 Å². The number of rotatable bonds is 5. The van der Waals surface area contributed by atoms with Crippen LogP contribution in [0.15, 0.2) is 18.2 Å². The fraction of sp³-hybridized carbons (Fsp3) is 0.667. The number of nitrogens with one attached hydrogen (secondary N) is 1. The third-order valence-corrected chi connectivity index (χ3v) is 5.07. The van der Waals surface area contributed by atoms with Crippen molar-refractivity contribution in [1.29, 1.82) is 0 Å². The minimum absolute atomic E-state index is 0.0912. The first kappa shape index (κ1) is 16.4. The van der Waals surface area contributed by atoms with Gasteiger partial charge in [0.2, 0.25) is 0 Å². The second-order valence-corrected chi connectivity index (χ2v) is 6.30. The summed E-state index contributed by atoms with van der Waals surface area (Å²) in [4.78, 5) is 0. The molecule has 1 unspecified atom stereocenters. The summed E-state index contributed by atoms with van der Waals surface area (Å²) >= 11 is 0. The summed E-state index contributed by atoms with van der Waals surface area (Å²) < 4.78 is 19.3. The van der Waals surface area contributed by atoms with E-state index in [9.17, 15) is 4.39 Å². The van der Waals surface area contributed by atoms with E-state index in [0.29, 0.717) is 0 Å². The van der Waals surface area contributed by atoms with E-state index in [2.05, 4.69) is 5.32 Å². The number of aryl methyl sites for hydroxylation is 1. The van der Waals surface area contributed by atoms with Crippen LogP contribution in [0.2, 0.25) is 0 Å². The Morgan fingerprint density at radius 2 is 1.90 bits per heavy atom. The molecule has 1 aromatic rings. The van der Waals surface area contributed by atoms with Crippen molar-refractivity contribution in [2.45, 2.75) is 63.5 Å². The Hall–Kier alpha value is -0.930. The molecule has 1 fully saturated rings. The summed E-state index contributed by atoms with van der Waals surface area (Å²) in [6.45, 7) is 1.98. The third kappa shape index (κ3) is 3.83. The molecule has 3 heteroatoms. The Kier molecular flexibility index (Phi) is 5.77. The van der Waals surface area contributed by atoms with E-state index in [0.717, 1.165) is 24.8 Å². The number of hydrogen-bond acceptors (Lipinski definition) is 2. The number of methoxy groups -OCH3 is 1. The molecular formula is C18H28FNO. The second kappa shape index (κ2) is 7.37. The number of likely N-dealkylation sites (N-methyl/N-ethyl adjacent to an activating group) is 1. The minimum Gasteiger partial charge on any atom is -0.377 e. The van der Waals surface area contributed by atoms with Crippen molar-refractivity contribution in [1.82, 2.24) is 5.32 Å². The van der Waals surface area contributed by atoms with Crippen LogP contribution in [-0.2, 0) is 11.2 Å². The molecule has 0 saturated heterocycles. The maximum absolute atomic E-state index is 13.3. The van der Waals surface area contributed by atoms with Gasteiger partial charge in [-0.15, -0.1) is 0 Å². The highest BCUT2D eigenvalue weighted by Gasteiger charge is 2.38. The number of halogens is 1. The number of benzene rings is 1. The van der Waals surface area contributed by atoms with Crippen molar-refractivity contribution in [2.24, 2.45) is 0 Å². The standard InChI is InChI=1S/C18H28FNO/c1-14-12-16(19)9-8-15(14)13-17(20-2)18(21-3)10-6-4-5-7-11-18/h8-9,12,17,20H,4-7,10-11,13H2,1-3H3. The van der Waals surface area contributed by atoms with Crippen LogP contribution in [0.5, 0.6) is 0 Å². The molecule has 2 nitrogen and oxygen atoms in total.